The van der Waals surface area contributed by atoms with Gasteiger partial charge in [-0.15, -0.1) is 24.8 Å². The van der Waals surface area contributed by atoms with E-state index in [0.717, 1.165) is 0 Å². The minimum atomic E-state index is -3.64. The Labute approximate surface area is 150 Å². The van der Waals surface area contributed by atoms with Gasteiger partial charge in [-0.3, -0.25) is 0 Å². The summed E-state index contributed by atoms with van der Waals surface area (Å²) in [5, 5.41) is 7.70. The number of H-pyrrole nitrogens is 1. The molecule has 1 aromatic heterocycles. The molecule has 3 rings (SSSR count). The number of fused-ring (bicyclic) bond motifs is 1. The van der Waals surface area contributed by atoms with E-state index in [1.165, 1.54) is 15.1 Å². The van der Waals surface area contributed by atoms with Crippen molar-refractivity contribution in [2.45, 2.75) is 33.8 Å². The van der Waals surface area contributed by atoms with Crippen molar-refractivity contribution in [2.75, 3.05) is 0 Å². The van der Waals surface area contributed by atoms with E-state index in [-0.39, 0.29) is 24.8 Å². The molecule has 4 heteroatoms. The number of nitrogens with one attached hydrogen (secondary N) is 1. The van der Waals surface area contributed by atoms with Crippen molar-refractivity contribution >= 4 is 38.7 Å². The molecule has 0 saturated carbocycles. The fourth-order valence-electron chi connectivity index (χ4n) is 3.97. The van der Waals surface area contributed by atoms with Gasteiger partial charge in [0.05, 0.1) is 0 Å². The minimum absolute atomic E-state index is 0. The maximum absolute atomic E-state index is 3.64. The summed E-state index contributed by atoms with van der Waals surface area (Å²) in [5.41, 5.74) is 2.88. The van der Waals surface area contributed by atoms with Gasteiger partial charge in [0, 0.05) is 0 Å². The second-order valence-corrected chi connectivity index (χ2v) is 25.6. The van der Waals surface area contributed by atoms with Gasteiger partial charge in [0.2, 0.25) is 0 Å². The number of halogens is 2. The van der Waals surface area contributed by atoms with Crippen LogP contribution < -0.4 is 4.00 Å². The molecule has 2 aromatic rings. The van der Waals surface area contributed by atoms with Gasteiger partial charge < -0.3 is 0 Å². The third-order valence-corrected chi connectivity index (χ3v) is 21.7. The van der Waals surface area contributed by atoms with Crippen LogP contribution in [0, 0.1) is 0 Å². The molecule has 1 N–H and O–H groups in total. The van der Waals surface area contributed by atoms with Crippen LogP contribution in [-0.2, 0) is 13.6 Å². The van der Waals surface area contributed by atoms with E-state index in [0.29, 0.717) is 4.22 Å². The van der Waals surface area contributed by atoms with Crippen molar-refractivity contribution in [1.82, 2.24) is 4.98 Å². The summed E-state index contributed by atoms with van der Waals surface area (Å²) in [6.45, 7) is 4.67. The molecule has 127 valence electrons. The molecule has 23 heavy (non-hydrogen) atoms. The molecule has 1 heterocycles. The molecule has 0 amide bonds. The molecule has 1 atom stereocenters. The average molecular weight is 389 g/mol. The third kappa shape index (κ3) is 2.53. The summed E-state index contributed by atoms with van der Waals surface area (Å²) in [6, 6.07) is 13.3. The predicted octanol–water partition coefficient (Wildman–Crippen LogP) is 5.83. The predicted molar refractivity (Wildman–Crippen MR) is 107 cm³/mol. The van der Waals surface area contributed by atoms with Crippen LogP contribution >= 0.6 is 24.8 Å². The SMILES string of the molecule is C[C](C)=[Ti]([CH3])([CH3])([CH3])([c]1ccc[nH]1)[CH]1C=Cc2ccccc21.Cl.Cl. The molecule has 0 aliphatic heterocycles. The average Bonchev–Trinajstić information content (AvgIpc) is 3.09. The molecule has 0 fully saturated rings. The Balaban J connectivity index is 0.00000132. The van der Waals surface area contributed by atoms with Gasteiger partial charge in [-0.05, 0) is 0 Å². The van der Waals surface area contributed by atoms with Gasteiger partial charge in [-0.25, -0.2) is 0 Å². The van der Waals surface area contributed by atoms with E-state index in [9.17, 15) is 0 Å². The van der Waals surface area contributed by atoms with Gasteiger partial charge in [0.1, 0.15) is 0 Å². The molecule has 1 nitrogen and oxygen atoms in total. The first kappa shape index (κ1) is 20.4. The monoisotopic (exact) mass is 388 g/mol. The van der Waals surface area contributed by atoms with Crippen molar-refractivity contribution in [1.29, 1.82) is 0 Å². The Morgan fingerprint density at radius 3 is 2.17 bits per heavy atom. The first-order chi connectivity index (χ1) is 9.70. The number of benzene rings is 1. The molecule has 0 spiro atoms. The van der Waals surface area contributed by atoms with Crippen LogP contribution in [0.4, 0.5) is 0 Å². The summed E-state index contributed by atoms with van der Waals surface area (Å²) in [5.74, 6) is 0. The number of hydrogen-bond acceptors (Lipinski definition) is 0. The van der Waals surface area contributed by atoms with Crippen molar-refractivity contribution in [3.63, 3.8) is 0 Å². The van der Waals surface area contributed by atoms with E-state index in [4.69, 9.17) is 0 Å². The van der Waals surface area contributed by atoms with E-state index in [1.807, 2.05) is 0 Å². The zero-order valence-corrected chi connectivity index (χ0v) is 17.8. The van der Waals surface area contributed by atoms with E-state index < -0.39 is 13.6 Å². The van der Waals surface area contributed by atoms with Crippen LogP contribution in [0.2, 0.25) is 15.7 Å². The second kappa shape index (κ2) is 5.74. The minimum Gasteiger partial charge on any atom is -0.147 e. The van der Waals surface area contributed by atoms with Crippen LogP contribution in [0.15, 0.2) is 48.7 Å². The number of rotatable bonds is 2. The molecule has 1 aliphatic carbocycles. The molecular weight excluding hydrogens is 361 g/mol. The molecule has 0 radical (unpaired) electrons. The summed E-state index contributed by atoms with van der Waals surface area (Å²) in [7, 11) is 0. The molecule has 0 bridgehead atoms. The zero-order chi connectivity index (χ0) is 15.4. The number of aromatic amines is 1. The Morgan fingerprint density at radius 2 is 1.61 bits per heavy atom. The van der Waals surface area contributed by atoms with Crippen LogP contribution in [-0.4, -0.2) is 8.80 Å². The number of hydrogen-bond donors (Lipinski definition) is 1. The van der Waals surface area contributed by atoms with Crippen LogP contribution in [0.5, 0.6) is 0 Å². The molecule has 1 unspecified atom stereocenters. The topological polar surface area (TPSA) is 15.8 Å². The standard InChI is InChI=1S/C9H7.C4H4N.C3H6.3CH3.2ClH.Ti/c1-2-5-9-7-3-6-8(9)4-1;1-2-4-5-3-1;1-3-2;;;;;;/h1-7H;1-3,5H;1-2H3;3*1H3;2*1H;. The summed E-state index contributed by atoms with van der Waals surface area (Å²) < 4.78 is 3.52. The molecular formula is C19H28Cl2NTi. The Bertz CT molecular complexity index is 820. The number of aromatic nitrogens is 1. The van der Waals surface area contributed by atoms with Gasteiger partial charge in [0.25, 0.3) is 0 Å². The number of allylic oxidation sites excluding steroid dienone is 1. The fraction of sp³-hybridized carbons (Fsp3) is 0.316. The van der Waals surface area contributed by atoms with Crippen molar-refractivity contribution < 1.29 is 13.6 Å². The van der Waals surface area contributed by atoms with Crippen LogP contribution in [0.25, 0.3) is 6.08 Å². The van der Waals surface area contributed by atoms with Gasteiger partial charge in [-0.2, -0.15) is 0 Å². The normalized spacial score (nSPS) is 18.9. The Kier molecular flexibility index (Phi) is 5.10. The quantitative estimate of drug-likeness (QED) is 0.622. The second-order valence-electron chi connectivity index (χ2n) is 8.83. The fourth-order valence-corrected chi connectivity index (χ4v) is 12.3. The van der Waals surface area contributed by atoms with Crippen LogP contribution in [0.3, 0.4) is 0 Å². The van der Waals surface area contributed by atoms with Gasteiger partial charge in [0.15, 0.2) is 0 Å². The van der Waals surface area contributed by atoms with Crippen molar-refractivity contribution in [2.24, 2.45) is 0 Å². The van der Waals surface area contributed by atoms with Crippen molar-refractivity contribution in [3.8, 4) is 0 Å². The largest absolute Gasteiger partial charge is 0.147 e. The van der Waals surface area contributed by atoms with E-state index in [1.54, 1.807) is 3.81 Å². The maximum atomic E-state index is 3.58. The van der Waals surface area contributed by atoms with Gasteiger partial charge >= 0.3 is 126 Å². The van der Waals surface area contributed by atoms with Gasteiger partial charge in [-0.1, -0.05) is 0 Å². The molecule has 1 aromatic carbocycles. The third-order valence-electron chi connectivity index (χ3n) is 6.78. The van der Waals surface area contributed by atoms with Crippen molar-refractivity contribution in [3.05, 3.63) is 59.8 Å². The molecule has 1 aliphatic rings. The Morgan fingerprint density at radius 1 is 0.957 bits per heavy atom. The van der Waals surface area contributed by atoms with E-state index >= 15 is 0 Å². The first-order valence-electron chi connectivity index (χ1n) is 7.85. The smallest absolute Gasteiger partial charge is 0.147 e. The summed E-state index contributed by atoms with van der Waals surface area (Å²) >= 11 is -3.64. The zero-order valence-electron chi connectivity index (χ0n) is 14.6. The maximum Gasteiger partial charge on any atom is -0.147 e. The first-order valence-corrected chi connectivity index (χ1v) is 15.0. The summed E-state index contributed by atoms with van der Waals surface area (Å²) in [6.07, 6.45) is 6.83. The molecule has 0 saturated heterocycles. The Hall–Kier alpha value is -0.596. The van der Waals surface area contributed by atoms with E-state index in [2.05, 4.69) is 89.3 Å². The summed E-state index contributed by atoms with van der Waals surface area (Å²) in [4.78, 5) is 3.58. The van der Waals surface area contributed by atoms with Crippen LogP contribution in [0.1, 0.15) is 29.2 Å².